The minimum Gasteiger partial charge on any atom is -0.354 e. The van der Waals surface area contributed by atoms with Gasteiger partial charge in [0.2, 0.25) is 5.91 Å². The van der Waals surface area contributed by atoms with Crippen molar-refractivity contribution in [3.8, 4) is 11.3 Å². The molecule has 124 valence electrons. The van der Waals surface area contributed by atoms with E-state index in [1.54, 1.807) is 19.0 Å². The number of carbonyl (C=O) groups is 1. The number of benzene rings is 2. The van der Waals surface area contributed by atoms with E-state index in [4.69, 9.17) is 0 Å². The number of hydrogen-bond acceptors (Lipinski definition) is 1. The number of nitrogens with zero attached hydrogens (tertiary/aromatic N) is 1. The molecule has 3 aromatic rings. The Morgan fingerprint density at radius 2 is 1.83 bits per heavy atom. The normalized spacial score (nSPS) is 11.0. The Morgan fingerprint density at radius 1 is 1.12 bits per heavy atom. The standard InChI is InChI=1S/C20H21BrN2O/c1-13-4-10-18-17(12-13)16(9-11-19(24)23(2)3)20(22-18)14-5-7-15(21)8-6-14/h4-8,10,12,22H,9,11H2,1-3H3. The van der Waals surface area contributed by atoms with Crippen LogP contribution in [0.3, 0.4) is 0 Å². The molecule has 1 amide bonds. The third-order valence-electron chi connectivity index (χ3n) is 4.28. The van der Waals surface area contributed by atoms with Crippen molar-refractivity contribution >= 4 is 32.7 Å². The predicted octanol–water partition coefficient (Wildman–Crippen LogP) is 4.93. The first kappa shape index (κ1) is 16.8. The third kappa shape index (κ3) is 3.39. The maximum absolute atomic E-state index is 12.0. The van der Waals surface area contributed by atoms with Gasteiger partial charge in [-0.1, -0.05) is 39.7 Å². The molecule has 0 fully saturated rings. The molecular formula is C20H21BrN2O. The van der Waals surface area contributed by atoms with Gasteiger partial charge in [-0.2, -0.15) is 0 Å². The fourth-order valence-electron chi connectivity index (χ4n) is 2.94. The molecule has 0 aliphatic heterocycles. The molecule has 0 spiro atoms. The topological polar surface area (TPSA) is 36.1 Å². The zero-order valence-corrected chi connectivity index (χ0v) is 15.8. The molecular weight excluding hydrogens is 364 g/mol. The molecule has 0 aliphatic rings. The maximum Gasteiger partial charge on any atom is 0.222 e. The fourth-order valence-corrected chi connectivity index (χ4v) is 3.20. The highest BCUT2D eigenvalue weighted by Crippen LogP contribution is 2.32. The van der Waals surface area contributed by atoms with Crippen LogP contribution in [0.4, 0.5) is 0 Å². The van der Waals surface area contributed by atoms with Gasteiger partial charge in [-0.25, -0.2) is 0 Å². The highest BCUT2D eigenvalue weighted by atomic mass is 79.9. The lowest BCUT2D eigenvalue weighted by atomic mass is 10.00. The van der Waals surface area contributed by atoms with Crippen LogP contribution in [-0.2, 0) is 11.2 Å². The summed E-state index contributed by atoms with van der Waals surface area (Å²) in [6, 6.07) is 14.7. The minimum atomic E-state index is 0.152. The second-order valence-electron chi connectivity index (χ2n) is 6.32. The number of fused-ring (bicyclic) bond motifs is 1. The number of hydrogen-bond donors (Lipinski definition) is 1. The molecule has 0 unspecified atom stereocenters. The Balaban J connectivity index is 2.08. The van der Waals surface area contributed by atoms with E-state index in [9.17, 15) is 4.79 Å². The molecule has 3 rings (SSSR count). The highest BCUT2D eigenvalue weighted by molar-refractivity contribution is 9.10. The number of halogens is 1. The van der Waals surface area contributed by atoms with Crippen LogP contribution < -0.4 is 0 Å². The summed E-state index contributed by atoms with van der Waals surface area (Å²) in [6.45, 7) is 2.10. The van der Waals surface area contributed by atoms with Crippen LogP contribution in [0.2, 0.25) is 0 Å². The number of carbonyl (C=O) groups excluding carboxylic acids is 1. The molecule has 1 N–H and O–H groups in total. The van der Waals surface area contributed by atoms with Gasteiger partial charge < -0.3 is 9.88 Å². The predicted molar refractivity (Wildman–Crippen MR) is 103 cm³/mol. The molecule has 4 heteroatoms. The van der Waals surface area contributed by atoms with Crippen molar-refractivity contribution in [2.24, 2.45) is 0 Å². The van der Waals surface area contributed by atoms with Crippen molar-refractivity contribution in [3.63, 3.8) is 0 Å². The lowest BCUT2D eigenvalue weighted by molar-refractivity contribution is -0.128. The van der Waals surface area contributed by atoms with Crippen LogP contribution in [0.25, 0.3) is 22.2 Å². The fraction of sp³-hybridized carbons (Fsp3) is 0.250. The molecule has 24 heavy (non-hydrogen) atoms. The van der Waals surface area contributed by atoms with Crippen LogP contribution in [0.5, 0.6) is 0 Å². The summed E-state index contributed by atoms with van der Waals surface area (Å²) in [4.78, 5) is 17.2. The average molecular weight is 385 g/mol. The summed E-state index contributed by atoms with van der Waals surface area (Å²) < 4.78 is 1.06. The molecule has 3 nitrogen and oxygen atoms in total. The Morgan fingerprint density at radius 3 is 2.50 bits per heavy atom. The number of H-pyrrole nitrogens is 1. The van der Waals surface area contributed by atoms with Gasteiger partial charge in [-0.15, -0.1) is 0 Å². The van der Waals surface area contributed by atoms with E-state index in [1.165, 1.54) is 16.5 Å². The minimum absolute atomic E-state index is 0.152. The average Bonchev–Trinajstić information content (AvgIpc) is 2.91. The van der Waals surface area contributed by atoms with Gasteiger partial charge in [-0.3, -0.25) is 4.79 Å². The Kier molecular flexibility index (Phi) is 4.76. The number of aromatic amines is 1. The molecule has 0 saturated carbocycles. The van der Waals surface area contributed by atoms with E-state index in [-0.39, 0.29) is 5.91 Å². The summed E-state index contributed by atoms with van der Waals surface area (Å²) >= 11 is 3.49. The van der Waals surface area contributed by atoms with Gasteiger partial charge in [0.15, 0.2) is 0 Å². The number of aromatic nitrogens is 1. The van der Waals surface area contributed by atoms with Crippen molar-refractivity contribution in [2.75, 3.05) is 14.1 Å². The van der Waals surface area contributed by atoms with Crippen molar-refractivity contribution in [2.45, 2.75) is 19.8 Å². The van der Waals surface area contributed by atoms with Crippen molar-refractivity contribution < 1.29 is 4.79 Å². The zero-order chi connectivity index (χ0) is 17.3. The second kappa shape index (κ2) is 6.81. The molecule has 0 atom stereocenters. The van der Waals surface area contributed by atoms with E-state index in [0.717, 1.165) is 27.7 Å². The Labute approximate surface area is 150 Å². The quantitative estimate of drug-likeness (QED) is 0.680. The van der Waals surface area contributed by atoms with Crippen LogP contribution in [0.1, 0.15) is 17.5 Å². The monoisotopic (exact) mass is 384 g/mol. The Hall–Kier alpha value is -2.07. The summed E-state index contributed by atoms with van der Waals surface area (Å²) in [7, 11) is 3.61. The lowest BCUT2D eigenvalue weighted by Crippen LogP contribution is -2.21. The highest BCUT2D eigenvalue weighted by Gasteiger charge is 2.15. The van der Waals surface area contributed by atoms with Crippen LogP contribution in [0.15, 0.2) is 46.9 Å². The third-order valence-corrected chi connectivity index (χ3v) is 4.81. The molecule has 0 bridgehead atoms. The second-order valence-corrected chi connectivity index (χ2v) is 7.24. The first-order chi connectivity index (χ1) is 11.5. The first-order valence-electron chi connectivity index (χ1n) is 8.03. The largest absolute Gasteiger partial charge is 0.354 e. The summed E-state index contributed by atoms with van der Waals surface area (Å²) in [5.74, 6) is 0.152. The van der Waals surface area contributed by atoms with E-state index in [1.807, 2.05) is 12.1 Å². The van der Waals surface area contributed by atoms with Crippen LogP contribution in [-0.4, -0.2) is 29.9 Å². The lowest BCUT2D eigenvalue weighted by Gasteiger charge is -2.11. The van der Waals surface area contributed by atoms with E-state index >= 15 is 0 Å². The zero-order valence-electron chi connectivity index (χ0n) is 14.2. The van der Waals surface area contributed by atoms with Gasteiger partial charge in [0.05, 0.1) is 0 Å². The molecule has 1 aromatic heterocycles. The maximum atomic E-state index is 12.0. The summed E-state index contributed by atoms with van der Waals surface area (Å²) in [5.41, 5.74) is 5.80. The summed E-state index contributed by atoms with van der Waals surface area (Å²) in [6.07, 6.45) is 1.24. The Bertz CT molecular complexity index is 879. The van der Waals surface area contributed by atoms with E-state index in [0.29, 0.717) is 6.42 Å². The smallest absolute Gasteiger partial charge is 0.222 e. The molecule has 0 aliphatic carbocycles. The number of rotatable bonds is 4. The van der Waals surface area contributed by atoms with Gasteiger partial charge >= 0.3 is 0 Å². The molecule has 0 radical (unpaired) electrons. The van der Waals surface area contributed by atoms with Gasteiger partial charge in [0.1, 0.15) is 0 Å². The summed E-state index contributed by atoms with van der Waals surface area (Å²) in [5, 5.41) is 1.21. The molecule has 2 aromatic carbocycles. The van der Waals surface area contributed by atoms with Crippen molar-refractivity contribution in [1.29, 1.82) is 0 Å². The van der Waals surface area contributed by atoms with E-state index in [2.05, 4.69) is 58.2 Å². The molecule has 1 heterocycles. The van der Waals surface area contributed by atoms with Crippen LogP contribution in [0, 0.1) is 6.92 Å². The first-order valence-corrected chi connectivity index (χ1v) is 8.82. The van der Waals surface area contributed by atoms with E-state index < -0.39 is 0 Å². The SMILES string of the molecule is Cc1ccc2[nH]c(-c3ccc(Br)cc3)c(CCC(=O)N(C)C)c2c1. The van der Waals surface area contributed by atoms with Gasteiger partial charge in [0, 0.05) is 41.6 Å². The van der Waals surface area contributed by atoms with Crippen molar-refractivity contribution in [1.82, 2.24) is 9.88 Å². The molecule has 0 saturated heterocycles. The number of aryl methyl sites for hydroxylation is 2. The number of nitrogens with one attached hydrogen (secondary N) is 1. The van der Waals surface area contributed by atoms with Gasteiger partial charge in [0.25, 0.3) is 0 Å². The number of amides is 1. The van der Waals surface area contributed by atoms with Gasteiger partial charge in [-0.05, 0) is 48.7 Å². The van der Waals surface area contributed by atoms with Crippen molar-refractivity contribution in [3.05, 3.63) is 58.1 Å². The van der Waals surface area contributed by atoms with Crippen LogP contribution >= 0.6 is 15.9 Å².